The molecule has 0 amide bonds. The summed E-state index contributed by atoms with van der Waals surface area (Å²) in [6.45, 7) is 0.825. The molecule has 1 aromatic rings. The zero-order valence-electron chi connectivity index (χ0n) is 11.4. The van der Waals surface area contributed by atoms with Gasteiger partial charge in [-0.2, -0.15) is 13.2 Å². The van der Waals surface area contributed by atoms with Crippen molar-refractivity contribution in [1.29, 1.82) is 0 Å². The first-order valence-corrected chi connectivity index (χ1v) is 7.02. The van der Waals surface area contributed by atoms with Crippen LogP contribution in [0.2, 0.25) is 5.02 Å². The largest absolute Gasteiger partial charge is 0.401 e. The van der Waals surface area contributed by atoms with Crippen LogP contribution in [-0.4, -0.2) is 61.0 Å². The summed E-state index contributed by atoms with van der Waals surface area (Å²) in [5.41, 5.74) is 0.455. The van der Waals surface area contributed by atoms with E-state index in [0.29, 0.717) is 36.8 Å². The van der Waals surface area contributed by atoms with E-state index in [1.54, 1.807) is 24.3 Å². The van der Waals surface area contributed by atoms with Gasteiger partial charge < -0.3 is 0 Å². The molecule has 1 aliphatic heterocycles. The Morgan fingerprint density at radius 2 is 1.67 bits per heavy atom. The highest BCUT2D eigenvalue weighted by Gasteiger charge is 2.32. The van der Waals surface area contributed by atoms with E-state index in [1.807, 2.05) is 4.90 Å². The fourth-order valence-corrected chi connectivity index (χ4v) is 2.58. The van der Waals surface area contributed by atoms with Crippen LogP contribution in [0.15, 0.2) is 24.3 Å². The second kappa shape index (κ2) is 6.77. The number of benzene rings is 1. The van der Waals surface area contributed by atoms with Crippen molar-refractivity contribution in [3.8, 4) is 0 Å². The molecule has 0 N–H and O–H groups in total. The highest BCUT2D eigenvalue weighted by Crippen LogP contribution is 2.18. The topological polar surface area (TPSA) is 23.6 Å². The lowest BCUT2D eigenvalue weighted by molar-refractivity contribution is -0.149. The predicted octanol–water partition coefficient (Wildman–Crippen LogP) is 2.70. The Kier molecular flexibility index (Phi) is 5.24. The number of carbonyl (C=O) groups is 1. The minimum Gasteiger partial charge on any atom is -0.293 e. The molecule has 0 spiro atoms. The number of rotatable bonds is 4. The van der Waals surface area contributed by atoms with Crippen LogP contribution in [0, 0.1) is 0 Å². The zero-order chi connectivity index (χ0) is 15.5. The predicted molar refractivity (Wildman–Crippen MR) is 74.7 cm³/mol. The number of halogens is 4. The molecule has 3 nitrogen and oxygen atoms in total. The van der Waals surface area contributed by atoms with Gasteiger partial charge in [0.2, 0.25) is 0 Å². The Bertz CT molecular complexity index is 499. The third-order valence-electron chi connectivity index (χ3n) is 3.41. The van der Waals surface area contributed by atoms with Crippen LogP contribution >= 0.6 is 11.6 Å². The summed E-state index contributed by atoms with van der Waals surface area (Å²) < 4.78 is 36.9. The Labute approximate surface area is 126 Å². The first-order valence-electron chi connectivity index (χ1n) is 6.64. The van der Waals surface area contributed by atoms with Crippen LogP contribution < -0.4 is 0 Å². The molecular formula is C14H16ClF3N2O. The second-order valence-corrected chi connectivity index (χ2v) is 5.48. The van der Waals surface area contributed by atoms with Crippen molar-refractivity contribution < 1.29 is 18.0 Å². The fraction of sp³-hybridized carbons (Fsp3) is 0.500. The van der Waals surface area contributed by atoms with Crippen LogP contribution in [0.1, 0.15) is 10.4 Å². The summed E-state index contributed by atoms with van der Waals surface area (Å²) in [4.78, 5) is 15.3. The van der Waals surface area contributed by atoms with Gasteiger partial charge in [-0.3, -0.25) is 14.6 Å². The maximum absolute atomic E-state index is 12.3. The average Bonchev–Trinajstić information content (AvgIpc) is 2.40. The number of hydrogen-bond donors (Lipinski definition) is 0. The molecule has 1 fully saturated rings. The first-order chi connectivity index (χ1) is 9.85. The average molecular weight is 321 g/mol. The molecule has 0 bridgehead atoms. The number of hydrogen-bond acceptors (Lipinski definition) is 3. The van der Waals surface area contributed by atoms with Crippen LogP contribution in [0.5, 0.6) is 0 Å². The maximum Gasteiger partial charge on any atom is 0.401 e. The molecule has 0 saturated carbocycles. The summed E-state index contributed by atoms with van der Waals surface area (Å²) in [5.74, 6) is -0.107. The van der Waals surface area contributed by atoms with Crippen molar-refractivity contribution >= 4 is 17.4 Å². The molecule has 1 aromatic carbocycles. The monoisotopic (exact) mass is 320 g/mol. The normalized spacial score (nSPS) is 17.9. The van der Waals surface area contributed by atoms with Gasteiger partial charge in [-0.15, -0.1) is 0 Å². The molecule has 0 aliphatic carbocycles. The van der Waals surface area contributed by atoms with Gasteiger partial charge in [0.1, 0.15) is 0 Å². The van der Waals surface area contributed by atoms with Gasteiger partial charge in [-0.25, -0.2) is 0 Å². The molecule has 7 heteroatoms. The summed E-state index contributed by atoms with van der Waals surface area (Å²) in [6, 6.07) is 6.79. The standard InChI is InChI=1S/C14H16ClF3N2O/c15-12-4-2-1-3-11(12)13(21)9-19-5-7-20(8-6-19)10-14(16,17)18/h1-4H,5-10H2. The Morgan fingerprint density at radius 3 is 2.24 bits per heavy atom. The van der Waals surface area contributed by atoms with E-state index >= 15 is 0 Å². The smallest absolute Gasteiger partial charge is 0.293 e. The van der Waals surface area contributed by atoms with Crippen molar-refractivity contribution in [2.75, 3.05) is 39.3 Å². The van der Waals surface area contributed by atoms with Gasteiger partial charge in [0, 0.05) is 31.7 Å². The molecule has 1 saturated heterocycles. The fourth-order valence-electron chi connectivity index (χ4n) is 2.33. The van der Waals surface area contributed by atoms with Crippen molar-refractivity contribution in [2.24, 2.45) is 0 Å². The van der Waals surface area contributed by atoms with Gasteiger partial charge >= 0.3 is 6.18 Å². The number of ketones is 1. The molecule has 1 heterocycles. The van der Waals surface area contributed by atoms with Crippen molar-refractivity contribution in [3.63, 3.8) is 0 Å². The van der Waals surface area contributed by atoms with E-state index in [4.69, 9.17) is 11.6 Å². The molecule has 0 radical (unpaired) electrons. The van der Waals surface area contributed by atoms with E-state index in [2.05, 4.69) is 0 Å². The highest BCUT2D eigenvalue weighted by molar-refractivity contribution is 6.34. The summed E-state index contributed by atoms with van der Waals surface area (Å²) in [7, 11) is 0. The van der Waals surface area contributed by atoms with Crippen LogP contribution in [-0.2, 0) is 0 Å². The van der Waals surface area contributed by atoms with E-state index in [1.165, 1.54) is 4.90 Å². The van der Waals surface area contributed by atoms with E-state index < -0.39 is 12.7 Å². The minimum absolute atomic E-state index is 0.107. The van der Waals surface area contributed by atoms with Crippen molar-refractivity contribution in [1.82, 2.24) is 9.80 Å². The molecule has 116 valence electrons. The maximum atomic E-state index is 12.3. The number of alkyl halides is 3. The van der Waals surface area contributed by atoms with Gasteiger partial charge in [0.15, 0.2) is 5.78 Å². The van der Waals surface area contributed by atoms with E-state index in [0.717, 1.165) is 0 Å². The summed E-state index contributed by atoms with van der Waals surface area (Å²) in [5, 5.41) is 0.401. The molecule has 0 atom stereocenters. The molecule has 1 aliphatic rings. The minimum atomic E-state index is -4.17. The number of Topliss-reactive ketones (excluding diaryl/α,β-unsaturated/α-hetero) is 1. The number of carbonyl (C=O) groups excluding carboxylic acids is 1. The Hall–Kier alpha value is -1.11. The lowest BCUT2D eigenvalue weighted by Crippen LogP contribution is -2.50. The number of nitrogens with zero attached hydrogens (tertiary/aromatic N) is 2. The first kappa shape index (κ1) is 16.3. The van der Waals surface area contributed by atoms with E-state index in [-0.39, 0.29) is 12.3 Å². The lowest BCUT2D eigenvalue weighted by Gasteiger charge is -2.34. The Balaban J connectivity index is 1.84. The molecule has 21 heavy (non-hydrogen) atoms. The summed E-state index contributed by atoms with van der Waals surface area (Å²) >= 11 is 5.96. The molecule has 2 rings (SSSR count). The summed E-state index contributed by atoms with van der Waals surface area (Å²) in [6.07, 6.45) is -4.17. The Morgan fingerprint density at radius 1 is 1.10 bits per heavy atom. The quantitative estimate of drug-likeness (QED) is 0.797. The van der Waals surface area contributed by atoms with Gasteiger partial charge in [-0.1, -0.05) is 23.7 Å². The van der Waals surface area contributed by atoms with Gasteiger partial charge in [0.25, 0.3) is 0 Å². The third-order valence-corrected chi connectivity index (χ3v) is 3.74. The third kappa shape index (κ3) is 4.98. The molecular weight excluding hydrogens is 305 g/mol. The van der Waals surface area contributed by atoms with Crippen molar-refractivity contribution in [3.05, 3.63) is 34.9 Å². The van der Waals surface area contributed by atoms with Crippen LogP contribution in [0.4, 0.5) is 13.2 Å². The SMILES string of the molecule is O=C(CN1CCN(CC(F)(F)F)CC1)c1ccccc1Cl. The van der Waals surface area contributed by atoms with E-state index in [9.17, 15) is 18.0 Å². The van der Waals surface area contributed by atoms with Gasteiger partial charge in [-0.05, 0) is 12.1 Å². The molecule has 0 aromatic heterocycles. The zero-order valence-corrected chi connectivity index (χ0v) is 12.1. The highest BCUT2D eigenvalue weighted by atomic mass is 35.5. The van der Waals surface area contributed by atoms with Crippen LogP contribution in [0.3, 0.4) is 0 Å². The van der Waals surface area contributed by atoms with Crippen LogP contribution in [0.25, 0.3) is 0 Å². The van der Waals surface area contributed by atoms with Crippen molar-refractivity contribution in [2.45, 2.75) is 6.18 Å². The second-order valence-electron chi connectivity index (χ2n) is 5.07. The lowest BCUT2D eigenvalue weighted by atomic mass is 10.1. The molecule has 0 unspecified atom stereocenters. The number of piperazine rings is 1. The van der Waals surface area contributed by atoms with Gasteiger partial charge in [0.05, 0.1) is 18.1 Å².